The molecule has 0 bridgehead atoms. The number of hydrogen-bond acceptors (Lipinski definition) is 5. The molecule has 1 N–H and O–H groups in total. The van der Waals surface area contributed by atoms with E-state index in [9.17, 15) is 14.7 Å². The number of ketones is 1. The molecule has 0 aromatic heterocycles. The van der Waals surface area contributed by atoms with Gasteiger partial charge < -0.3 is 14.6 Å². The van der Waals surface area contributed by atoms with Gasteiger partial charge in [-0.1, -0.05) is 41.4 Å². The Morgan fingerprint density at radius 2 is 1.61 bits per heavy atom. The number of ether oxygens (including phenoxy) is 2. The predicted molar refractivity (Wildman–Crippen MR) is 127 cm³/mol. The number of hydrogen-bond donors (Lipinski definition) is 1. The molecule has 4 rings (SSSR count). The van der Waals surface area contributed by atoms with E-state index in [2.05, 4.69) is 0 Å². The van der Waals surface area contributed by atoms with Gasteiger partial charge in [-0.3, -0.25) is 14.5 Å². The largest absolute Gasteiger partial charge is 0.507 e. The Kier molecular flexibility index (Phi) is 6.11. The van der Waals surface area contributed by atoms with Crippen LogP contribution >= 0.6 is 11.6 Å². The van der Waals surface area contributed by atoms with E-state index in [1.54, 1.807) is 55.6 Å². The molecule has 1 saturated heterocycles. The van der Waals surface area contributed by atoms with Crippen LogP contribution in [0.2, 0.25) is 5.02 Å². The van der Waals surface area contributed by atoms with E-state index in [-0.39, 0.29) is 16.9 Å². The summed E-state index contributed by atoms with van der Waals surface area (Å²) in [5.41, 5.74) is 2.37. The molecule has 0 spiro atoms. The van der Waals surface area contributed by atoms with Crippen LogP contribution in [0, 0.1) is 6.92 Å². The van der Waals surface area contributed by atoms with Crippen molar-refractivity contribution in [2.45, 2.75) is 13.0 Å². The Bertz CT molecular complexity index is 1250. The molecule has 33 heavy (non-hydrogen) atoms. The van der Waals surface area contributed by atoms with Crippen molar-refractivity contribution in [1.82, 2.24) is 0 Å². The quantitative estimate of drug-likeness (QED) is 0.316. The predicted octanol–water partition coefficient (Wildman–Crippen LogP) is 5.29. The lowest BCUT2D eigenvalue weighted by atomic mass is 9.94. The second kappa shape index (κ2) is 9.00. The fourth-order valence-electron chi connectivity index (χ4n) is 3.92. The maximum absolute atomic E-state index is 13.3. The third kappa shape index (κ3) is 4.05. The highest BCUT2D eigenvalue weighted by Crippen LogP contribution is 2.43. The molecule has 1 atom stereocenters. The van der Waals surface area contributed by atoms with E-state index in [1.807, 2.05) is 19.1 Å². The third-order valence-corrected chi connectivity index (χ3v) is 5.84. The first-order valence-corrected chi connectivity index (χ1v) is 10.6. The lowest BCUT2D eigenvalue weighted by Crippen LogP contribution is -2.29. The van der Waals surface area contributed by atoms with Crippen LogP contribution in [0.25, 0.3) is 5.76 Å². The Balaban J connectivity index is 1.97. The average Bonchev–Trinajstić information content (AvgIpc) is 3.09. The lowest BCUT2D eigenvalue weighted by Gasteiger charge is -2.26. The smallest absolute Gasteiger partial charge is 0.300 e. The first-order chi connectivity index (χ1) is 15.8. The van der Waals surface area contributed by atoms with Gasteiger partial charge in [0.1, 0.15) is 17.3 Å². The number of rotatable bonds is 5. The first kappa shape index (κ1) is 22.4. The van der Waals surface area contributed by atoms with Gasteiger partial charge in [0.2, 0.25) is 0 Å². The van der Waals surface area contributed by atoms with E-state index < -0.39 is 17.7 Å². The number of anilines is 1. The van der Waals surface area contributed by atoms with Crippen molar-refractivity contribution < 1.29 is 24.2 Å². The van der Waals surface area contributed by atoms with Gasteiger partial charge in [-0.25, -0.2) is 0 Å². The molecule has 1 unspecified atom stereocenters. The molecule has 3 aromatic rings. The maximum atomic E-state index is 13.3. The minimum Gasteiger partial charge on any atom is -0.507 e. The fraction of sp³-hybridized carbons (Fsp3) is 0.154. The molecule has 7 heteroatoms. The monoisotopic (exact) mass is 463 g/mol. The average molecular weight is 464 g/mol. The van der Waals surface area contributed by atoms with Crippen LogP contribution < -0.4 is 14.4 Å². The summed E-state index contributed by atoms with van der Waals surface area (Å²) in [5.74, 6) is -0.935. The second-order valence-corrected chi connectivity index (χ2v) is 8.06. The summed E-state index contributed by atoms with van der Waals surface area (Å²) < 4.78 is 10.6. The Hall–Kier alpha value is -3.77. The molecule has 168 valence electrons. The highest BCUT2D eigenvalue weighted by atomic mass is 35.5. The Labute approximate surface area is 196 Å². The molecule has 0 aliphatic carbocycles. The molecule has 3 aromatic carbocycles. The minimum atomic E-state index is -0.859. The Morgan fingerprint density at radius 1 is 0.939 bits per heavy atom. The van der Waals surface area contributed by atoms with Crippen molar-refractivity contribution >= 4 is 34.7 Å². The van der Waals surface area contributed by atoms with Crippen LogP contribution in [-0.2, 0) is 9.59 Å². The summed E-state index contributed by atoms with van der Waals surface area (Å²) in [7, 11) is 3.00. The highest BCUT2D eigenvalue weighted by molar-refractivity contribution is 6.51. The molecular weight excluding hydrogens is 442 g/mol. The van der Waals surface area contributed by atoms with Gasteiger partial charge in [0, 0.05) is 10.7 Å². The van der Waals surface area contributed by atoms with Crippen molar-refractivity contribution in [2.75, 3.05) is 19.1 Å². The van der Waals surface area contributed by atoms with Crippen molar-refractivity contribution in [3.8, 4) is 11.5 Å². The zero-order chi connectivity index (χ0) is 23.7. The molecule has 1 amide bonds. The minimum absolute atomic E-state index is 0.0497. The van der Waals surface area contributed by atoms with E-state index >= 15 is 0 Å². The number of nitrogens with zero attached hydrogens (tertiary/aromatic N) is 1. The number of benzene rings is 3. The van der Waals surface area contributed by atoms with Crippen LogP contribution in [0.5, 0.6) is 11.5 Å². The van der Waals surface area contributed by atoms with Gasteiger partial charge in [-0.15, -0.1) is 0 Å². The molecule has 1 heterocycles. The normalized spacial score (nSPS) is 17.3. The van der Waals surface area contributed by atoms with Crippen LogP contribution in [-0.4, -0.2) is 31.0 Å². The van der Waals surface area contributed by atoms with E-state index in [0.717, 1.165) is 5.56 Å². The van der Waals surface area contributed by atoms with Crippen molar-refractivity contribution in [2.24, 2.45) is 0 Å². The van der Waals surface area contributed by atoms with Gasteiger partial charge in [0.25, 0.3) is 11.7 Å². The SMILES string of the molecule is COc1ccc(C2/C(=C(\O)c3cc(Cl)ccc3OC)C(=O)C(=O)N2c2ccc(C)cc2)cc1. The van der Waals surface area contributed by atoms with Crippen LogP contribution in [0.4, 0.5) is 5.69 Å². The summed E-state index contributed by atoms with van der Waals surface area (Å²) in [6.45, 7) is 1.93. The van der Waals surface area contributed by atoms with Crippen LogP contribution in [0.15, 0.2) is 72.3 Å². The summed E-state index contributed by atoms with van der Waals surface area (Å²) in [4.78, 5) is 27.9. The number of aryl methyl sites for hydroxylation is 1. The number of amides is 1. The van der Waals surface area contributed by atoms with Crippen LogP contribution in [0.1, 0.15) is 22.7 Å². The van der Waals surface area contributed by atoms with Gasteiger partial charge >= 0.3 is 0 Å². The third-order valence-electron chi connectivity index (χ3n) is 5.60. The molecule has 1 fully saturated rings. The van der Waals surface area contributed by atoms with Crippen molar-refractivity contribution in [3.63, 3.8) is 0 Å². The van der Waals surface area contributed by atoms with Gasteiger partial charge in [0.05, 0.1) is 31.4 Å². The summed E-state index contributed by atoms with van der Waals surface area (Å²) in [6, 6.07) is 18.1. The summed E-state index contributed by atoms with van der Waals surface area (Å²) in [6.07, 6.45) is 0. The number of Topliss-reactive ketones (excluding diaryl/α,β-unsaturated/α-hetero) is 1. The summed E-state index contributed by atoms with van der Waals surface area (Å²) in [5, 5.41) is 11.7. The fourth-order valence-corrected chi connectivity index (χ4v) is 4.09. The Morgan fingerprint density at radius 3 is 2.21 bits per heavy atom. The van der Waals surface area contributed by atoms with Gasteiger partial charge in [-0.2, -0.15) is 0 Å². The molecule has 1 aliphatic heterocycles. The van der Waals surface area contributed by atoms with Crippen molar-refractivity contribution in [1.29, 1.82) is 0 Å². The van der Waals surface area contributed by atoms with E-state index in [0.29, 0.717) is 27.8 Å². The lowest BCUT2D eigenvalue weighted by molar-refractivity contribution is -0.132. The number of methoxy groups -OCH3 is 2. The molecule has 0 saturated carbocycles. The van der Waals surface area contributed by atoms with Crippen LogP contribution in [0.3, 0.4) is 0 Å². The van der Waals surface area contributed by atoms with Crippen molar-refractivity contribution in [3.05, 3.63) is 94.0 Å². The van der Waals surface area contributed by atoms with Gasteiger partial charge in [0.15, 0.2) is 0 Å². The summed E-state index contributed by atoms with van der Waals surface area (Å²) >= 11 is 6.15. The number of halogens is 1. The zero-order valence-electron chi connectivity index (χ0n) is 18.3. The molecular formula is C26H22ClNO5. The second-order valence-electron chi connectivity index (χ2n) is 7.62. The maximum Gasteiger partial charge on any atom is 0.300 e. The first-order valence-electron chi connectivity index (χ1n) is 10.2. The highest BCUT2D eigenvalue weighted by Gasteiger charge is 2.47. The number of aliphatic hydroxyl groups excluding tert-OH is 1. The number of carbonyl (C=O) groups is 2. The number of aliphatic hydroxyl groups is 1. The number of carbonyl (C=O) groups excluding carboxylic acids is 2. The standard InChI is InChI=1S/C26H22ClNO5/c1-15-4-9-18(10-5-15)28-23(16-6-11-19(32-2)12-7-16)22(25(30)26(28)31)24(29)20-14-17(27)8-13-21(20)33-3/h4-14,23,29H,1-3H3/b24-22+. The molecule has 6 nitrogen and oxygen atoms in total. The van der Waals surface area contributed by atoms with Gasteiger partial charge in [-0.05, 0) is 55.0 Å². The topological polar surface area (TPSA) is 76.1 Å². The zero-order valence-corrected chi connectivity index (χ0v) is 19.1. The van der Waals surface area contributed by atoms with E-state index in [4.69, 9.17) is 21.1 Å². The molecule has 0 radical (unpaired) electrons. The van der Waals surface area contributed by atoms with E-state index in [1.165, 1.54) is 18.1 Å². The molecule has 1 aliphatic rings.